The van der Waals surface area contributed by atoms with Gasteiger partial charge in [-0.05, 0) is 30.9 Å². The van der Waals surface area contributed by atoms with Crippen LogP contribution in [0.25, 0.3) is 0 Å². The van der Waals surface area contributed by atoms with Crippen molar-refractivity contribution < 1.29 is 0 Å². The third-order valence-electron chi connectivity index (χ3n) is 2.98. The van der Waals surface area contributed by atoms with Crippen LogP contribution in [0, 0.1) is 0 Å². The molecular formula is C14H26ClN5. The van der Waals surface area contributed by atoms with Crippen molar-refractivity contribution in [2.45, 2.75) is 52.9 Å². The van der Waals surface area contributed by atoms with Gasteiger partial charge in [0.1, 0.15) is 0 Å². The summed E-state index contributed by atoms with van der Waals surface area (Å²) < 4.78 is 0. The summed E-state index contributed by atoms with van der Waals surface area (Å²) in [5.41, 5.74) is 0. The lowest BCUT2D eigenvalue weighted by Crippen LogP contribution is -2.28. The maximum atomic E-state index is 6.01. The van der Waals surface area contributed by atoms with Crippen molar-refractivity contribution in [2.75, 3.05) is 29.9 Å². The van der Waals surface area contributed by atoms with Crippen LogP contribution in [0.3, 0.4) is 0 Å². The van der Waals surface area contributed by atoms with E-state index in [1.54, 1.807) is 0 Å². The first-order valence-electron chi connectivity index (χ1n) is 7.61. The molecule has 0 bridgehead atoms. The van der Waals surface area contributed by atoms with E-state index in [1.807, 2.05) is 0 Å². The molecule has 5 nitrogen and oxygen atoms in total. The predicted molar refractivity (Wildman–Crippen MR) is 85.6 cm³/mol. The maximum absolute atomic E-state index is 6.01. The van der Waals surface area contributed by atoms with E-state index < -0.39 is 0 Å². The molecule has 0 aromatic carbocycles. The van der Waals surface area contributed by atoms with Gasteiger partial charge < -0.3 is 10.2 Å². The van der Waals surface area contributed by atoms with Gasteiger partial charge in [-0.25, -0.2) is 0 Å². The Hall–Kier alpha value is -1.10. The van der Waals surface area contributed by atoms with Crippen molar-refractivity contribution >= 4 is 23.5 Å². The minimum absolute atomic E-state index is 0.256. The summed E-state index contributed by atoms with van der Waals surface area (Å²) in [6, 6.07) is 0. The van der Waals surface area contributed by atoms with E-state index in [4.69, 9.17) is 11.6 Å². The molecule has 0 spiro atoms. The Morgan fingerprint density at radius 1 is 0.950 bits per heavy atom. The molecule has 0 aliphatic heterocycles. The summed E-state index contributed by atoms with van der Waals surface area (Å²) in [4.78, 5) is 15.1. The van der Waals surface area contributed by atoms with Crippen molar-refractivity contribution in [3.8, 4) is 0 Å². The Morgan fingerprint density at radius 2 is 1.60 bits per heavy atom. The van der Waals surface area contributed by atoms with Crippen molar-refractivity contribution in [1.29, 1.82) is 0 Å². The van der Waals surface area contributed by atoms with Gasteiger partial charge in [0.15, 0.2) is 0 Å². The summed E-state index contributed by atoms with van der Waals surface area (Å²) in [5, 5.41) is 3.43. The molecule has 114 valence electrons. The number of nitrogens with one attached hydrogen (secondary N) is 1. The molecule has 0 radical (unpaired) electrons. The molecule has 0 atom stereocenters. The molecule has 0 fully saturated rings. The van der Waals surface area contributed by atoms with E-state index in [0.717, 1.165) is 51.7 Å². The summed E-state index contributed by atoms with van der Waals surface area (Å²) in [6.45, 7) is 9.24. The molecule has 0 unspecified atom stereocenters. The smallest absolute Gasteiger partial charge is 0.231 e. The van der Waals surface area contributed by atoms with Crippen LogP contribution in [0.5, 0.6) is 0 Å². The molecule has 0 saturated heterocycles. The average Bonchev–Trinajstić information content (AvgIpc) is 2.44. The second-order valence-electron chi connectivity index (χ2n) is 4.85. The number of hydrogen-bond acceptors (Lipinski definition) is 5. The van der Waals surface area contributed by atoms with Crippen molar-refractivity contribution in [3.05, 3.63) is 5.28 Å². The van der Waals surface area contributed by atoms with E-state index in [1.165, 1.54) is 0 Å². The Bertz CT molecular complexity index is 378. The molecule has 1 heterocycles. The predicted octanol–water partition coefficient (Wildman–Crippen LogP) is 3.75. The van der Waals surface area contributed by atoms with E-state index in [2.05, 4.69) is 45.9 Å². The topological polar surface area (TPSA) is 53.9 Å². The van der Waals surface area contributed by atoms with Gasteiger partial charge in [0.25, 0.3) is 0 Å². The Labute approximate surface area is 127 Å². The molecule has 1 N–H and O–H groups in total. The lowest BCUT2D eigenvalue weighted by atomic mass is 10.3. The minimum atomic E-state index is 0.256. The van der Waals surface area contributed by atoms with Gasteiger partial charge in [-0.1, -0.05) is 33.6 Å². The second-order valence-corrected chi connectivity index (χ2v) is 5.19. The minimum Gasteiger partial charge on any atom is -0.354 e. The van der Waals surface area contributed by atoms with Crippen molar-refractivity contribution in [3.63, 3.8) is 0 Å². The average molecular weight is 300 g/mol. The summed E-state index contributed by atoms with van der Waals surface area (Å²) in [6.07, 6.45) is 5.59. The van der Waals surface area contributed by atoms with Crippen LogP contribution in [0.4, 0.5) is 11.9 Å². The Kier molecular flexibility index (Phi) is 8.26. The number of nitrogens with zero attached hydrogens (tertiary/aromatic N) is 4. The fourth-order valence-electron chi connectivity index (χ4n) is 1.81. The highest BCUT2D eigenvalue weighted by Crippen LogP contribution is 2.15. The van der Waals surface area contributed by atoms with Crippen LogP contribution in [0.1, 0.15) is 52.9 Å². The van der Waals surface area contributed by atoms with Gasteiger partial charge in [-0.2, -0.15) is 15.0 Å². The molecule has 1 aromatic rings. The van der Waals surface area contributed by atoms with Crippen LogP contribution in [0.15, 0.2) is 0 Å². The molecule has 1 aromatic heterocycles. The lowest BCUT2D eigenvalue weighted by Gasteiger charge is -2.22. The molecule has 0 aliphatic rings. The van der Waals surface area contributed by atoms with Crippen LogP contribution in [0.2, 0.25) is 5.28 Å². The Balaban J connectivity index is 2.83. The van der Waals surface area contributed by atoms with Crippen LogP contribution in [-0.2, 0) is 0 Å². The van der Waals surface area contributed by atoms with Gasteiger partial charge in [0, 0.05) is 19.6 Å². The highest BCUT2D eigenvalue weighted by molar-refractivity contribution is 6.28. The number of unbranched alkanes of at least 4 members (excludes halogenated alkanes) is 2. The lowest BCUT2D eigenvalue weighted by molar-refractivity contribution is 0.661. The first-order chi connectivity index (χ1) is 9.71. The van der Waals surface area contributed by atoms with Crippen LogP contribution >= 0.6 is 11.6 Å². The molecule has 20 heavy (non-hydrogen) atoms. The SMILES string of the molecule is CCCCN(CCCC)c1nc(Cl)nc(NCCC)n1. The number of halogens is 1. The number of rotatable bonds is 10. The third kappa shape index (κ3) is 5.90. The quantitative estimate of drug-likeness (QED) is 0.713. The zero-order valence-corrected chi connectivity index (χ0v) is 13.6. The monoisotopic (exact) mass is 299 g/mol. The Morgan fingerprint density at radius 3 is 2.15 bits per heavy atom. The van der Waals surface area contributed by atoms with Gasteiger partial charge in [-0.15, -0.1) is 0 Å². The van der Waals surface area contributed by atoms with E-state index >= 15 is 0 Å². The maximum Gasteiger partial charge on any atom is 0.231 e. The largest absolute Gasteiger partial charge is 0.354 e. The first kappa shape index (κ1) is 17.0. The highest BCUT2D eigenvalue weighted by atomic mass is 35.5. The van der Waals surface area contributed by atoms with E-state index in [-0.39, 0.29) is 5.28 Å². The van der Waals surface area contributed by atoms with E-state index in [9.17, 15) is 0 Å². The highest BCUT2D eigenvalue weighted by Gasteiger charge is 2.12. The molecule has 0 aliphatic carbocycles. The molecular weight excluding hydrogens is 274 g/mol. The first-order valence-corrected chi connectivity index (χ1v) is 7.99. The summed E-state index contributed by atoms with van der Waals surface area (Å²) in [7, 11) is 0. The molecule has 0 amide bonds. The summed E-state index contributed by atoms with van der Waals surface area (Å²) >= 11 is 6.01. The van der Waals surface area contributed by atoms with E-state index in [0.29, 0.717) is 11.9 Å². The molecule has 6 heteroatoms. The number of hydrogen-bond donors (Lipinski definition) is 1. The third-order valence-corrected chi connectivity index (χ3v) is 3.14. The van der Waals surface area contributed by atoms with Crippen LogP contribution < -0.4 is 10.2 Å². The standard InChI is InChI=1S/C14H26ClN5/c1-4-7-10-20(11-8-5-2)14-18-12(15)17-13(19-14)16-9-6-3/h4-11H2,1-3H3,(H,16,17,18,19). The fourth-order valence-corrected chi connectivity index (χ4v) is 1.96. The van der Waals surface area contributed by atoms with Crippen molar-refractivity contribution in [1.82, 2.24) is 15.0 Å². The zero-order valence-electron chi connectivity index (χ0n) is 12.8. The van der Waals surface area contributed by atoms with Crippen molar-refractivity contribution in [2.24, 2.45) is 0 Å². The second kappa shape index (κ2) is 9.75. The number of anilines is 2. The normalized spacial score (nSPS) is 10.6. The fraction of sp³-hybridized carbons (Fsp3) is 0.786. The van der Waals surface area contributed by atoms with Gasteiger partial charge in [0.2, 0.25) is 17.2 Å². The van der Waals surface area contributed by atoms with Gasteiger partial charge in [-0.3, -0.25) is 0 Å². The number of aromatic nitrogens is 3. The molecule has 1 rings (SSSR count). The molecule has 0 saturated carbocycles. The summed E-state index contributed by atoms with van der Waals surface area (Å²) in [5.74, 6) is 1.25. The zero-order chi connectivity index (χ0) is 14.8. The van der Waals surface area contributed by atoms with Crippen LogP contribution in [-0.4, -0.2) is 34.6 Å². The van der Waals surface area contributed by atoms with Gasteiger partial charge in [0.05, 0.1) is 0 Å². The van der Waals surface area contributed by atoms with Gasteiger partial charge >= 0.3 is 0 Å².